The van der Waals surface area contributed by atoms with Crippen molar-refractivity contribution >= 4 is 17.5 Å². The number of amides is 1. The number of unbranched alkanes of at least 4 members (excludes halogenated alkanes) is 2. The van der Waals surface area contributed by atoms with Crippen LogP contribution in [0.5, 0.6) is 0 Å². The lowest BCUT2D eigenvalue weighted by molar-refractivity contribution is 0.0704. The van der Waals surface area contributed by atoms with Crippen LogP contribution in [0.2, 0.25) is 5.02 Å². The molecule has 0 spiro atoms. The maximum absolute atomic E-state index is 12.9. The summed E-state index contributed by atoms with van der Waals surface area (Å²) in [4.78, 5) is 19.4. The maximum atomic E-state index is 12.9. The van der Waals surface area contributed by atoms with Crippen molar-refractivity contribution in [1.82, 2.24) is 15.0 Å². The lowest BCUT2D eigenvalue weighted by Gasteiger charge is -2.30. The van der Waals surface area contributed by atoms with Gasteiger partial charge in [0.25, 0.3) is 5.91 Å². The zero-order valence-electron chi connectivity index (χ0n) is 17.9. The second-order valence-corrected chi connectivity index (χ2v) is 8.62. The number of hydrogen-bond donors (Lipinski definition) is 0. The van der Waals surface area contributed by atoms with Crippen molar-refractivity contribution in [2.24, 2.45) is 0 Å². The largest absolute Gasteiger partial charge is 0.339 e. The smallest absolute Gasteiger partial charge is 0.253 e. The first-order valence-electron chi connectivity index (χ1n) is 11.1. The summed E-state index contributed by atoms with van der Waals surface area (Å²) in [6, 6.07) is 15.5. The molecule has 2 heterocycles. The van der Waals surface area contributed by atoms with Gasteiger partial charge >= 0.3 is 0 Å². The summed E-state index contributed by atoms with van der Waals surface area (Å²) >= 11 is 6.06. The Morgan fingerprint density at radius 2 is 1.90 bits per heavy atom. The van der Waals surface area contributed by atoms with Gasteiger partial charge in [0.15, 0.2) is 0 Å². The predicted octanol–water partition coefficient (Wildman–Crippen LogP) is 6.14. The fraction of sp³-hybridized carbons (Fsp3) is 0.400. The van der Waals surface area contributed by atoms with E-state index in [9.17, 15) is 4.79 Å². The van der Waals surface area contributed by atoms with Crippen LogP contribution in [0.25, 0.3) is 11.4 Å². The monoisotopic (exact) mass is 437 g/mol. The van der Waals surface area contributed by atoms with Crippen molar-refractivity contribution in [2.75, 3.05) is 13.1 Å². The molecule has 1 saturated heterocycles. The Kier molecular flexibility index (Phi) is 7.03. The van der Waals surface area contributed by atoms with Gasteiger partial charge in [0, 0.05) is 35.2 Å². The molecular formula is C25H28ClN3O2. The summed E-state index contributed by atoms with van der Waals surface area (Å²) < 4.78 is 5.52. The first-order valence-corrected chi connectivity index (χ1v) is 11.5. The zero-order valence-corrected chi connectivity index (χ0v) is 18.6. The van der Waals surface area contributed by atoms with Gasteiger partial charge in [-0.1, -0.05) is 60.8 Å². The van der Waals surface area contributed by atoms with E-state index in [0.717, 1.165) is 30.4 Å². The first kappa shape index (κ1) is 21.6. The molecule has 2 aromatic carbocycles. The maximum Gasteiger partial charge on any atom is 0.253 e. The normalized spacial score (nSPS) is 14.7. The molecule has 4 rings (SSSR count). The van der Waals surface area contributed by atoms with Crippen LogP contribution in [0.15, 0.2) is 53.1 Å². The lowest BCUT2D eigenvalue weighted by Crippen LogP contribution is -2.38. The number of piperidine rings is 1. The van der Waals surface area contributed by atoms with Gasteiger partial charge in [0.05, 0.1) is 0 Å². The second kappa shape index (κ2) is 10.1. The average Bonchev–Trinajstić information content (AvgIpc) is 3.30. The standard InChI is InChI=1S/C25H28ClN3O2/c1-2-3-4-6-18-9-11-20(12-10-18)25(30)29-15-13-19(14-16-29)24-27-23(28-31-24)21-7-5-8-22(26)17-21/h5,7-12,17,19H,2-4,6,13-16H2,1H3. The van der Waals surface area contributed by atoms with Crippen LogP contribution >= 0.6 is 11.6 Å². The van der Waals surface area contributed by atoms with Crippen LogP contribution in [0.1, 0.15) is 66.8 Å². The van der Waals surface area contributed by atoms with Gasteiger partial charge in [-0.05, 0) is 55.5 Å². The van der Waals surface area contributed by atoms with Crippen LogP contribution in [-0.4, -0.2) is 34.0 Å². The number of nitrogens with zero attached hydrogens (tertiary/aromatic N) is 3. The predicted molar refractivity (Wildman–Crippen MR) is 122 cm³/mol. The van der Waals surface area contributed by atoms with Crippen LogP contribution in [-0.2, 0) is 6.42 Å². The highest BCUT2D eigenvalue weighted by atomic mass is 35.5. The van der Waals surface area contributed by atoms with E-state index < -0.39 is 0 Å². The van der Waals surface area contributed by atoms with Crippen LogP contribution < -0.4 is 0 Å². The Bertz CT molecular complexity index is 1010. The van der Waals surface area contributed by atoms with E-state index in [2.05, 4.69) is 29.2 Å². The molecule has 1 amide bonds. The molecule has 162 valence electrons. The third kappa shape index (κ3) is 5.34. The van der Waals surface area contributed by atoms with Crippen molar-refractivity contribution in [3.05, 3.63) is 70.6 Å². The number of likely N-dealkylation sites (tertiary alicyclic amines) is 1. The van der Waals surface area contributed by atoms with Crippen molar-refractivity contribution in [2.45, 2.75) is 51.4 Å². The highest BCUT2D eigenvalue weighted by molar-refractivity contribution is 6.30. The molecule has 3 aromatic rings. The highest BCUT2D eigenvalue weighted by Crippen LogP contribution is 2.29. The number of carbonyl (C=O) groups is 1. The van der Waals surface area contributed by atoms with Gasteiger partial charge in [-0.2, -0.15) is 4.98 Å². The van der Waals surface area contributed by atoms with Crippen LogP contribution in [0.3, 0.4) is 0 Å². The fourth-order valence-electron chi connectivity index (χ4n) is 4.05. The van der Waals surface area contributed by atoms with Gasteiger partial charge < -0.3 is 9.42 Å². The average molecular weight is 438 g/mol. The van der Waals surface area contributed by atoms with Crippen LogP contribution in [0, 0.1) is 0 Å². The number of carbonyl (C=O) groups excluding carboxylic acids is 1. The van der Waals surface area contributed by atoms with Crippen molar-refractivity contribution in [3.63, 3.8) is 0 Å². The molecule has 1 aliphatic heterocycles. The Balaban J connectivity index is 1.33. The minimum absolute atomic E-state index is 0.101. The van der Waals surface area contributed by atoms with Gasteiger partial charge in [-0.15, -0.1) is 0 Å². The van der Waals surface area contributed by atoms with E-state index in [1.54, 1.807) is 0 Å². The summed E-state index contributed by atoms with van der Waals surface area (Å²) in [7, 11) is 0. The molecule has 0 aliphatic carbocycles. The van der Waals surface area contributed by atoms with E-state index in [0.29, 0.717) is 29.8 Å². The Morgan fingerprint density at radius 1 is 1.13 bits per heavy atom. The minimum Gasteiger partial charge on any atom is -0.339 e. The quantitative estimate of drug-likeness (QED) is 0.416. The molecule has 1 fully saturated rings. The number of aryl methyl sites for hydroxylation is 1. The topological polar surface area (TPSA) is 59.2 Å². The minimum atomic E-state index is 0.101. The third-order valence-corrected chi connectivity index (χ3v) is 6.16. The summed E-state index contributed by atoms with van der Waals surface area (Å²) in [5.41, 5.74) is 2.91. The molecule has 0 bridgehead atoms. The summed E-state index contributed by atoms with van der Waals surface area (Å²) in [6.45, 7) is 3.59. The molecule has 0 N–H and O–H groups in total. The Hall–Kier alpha value is -2.66. The number of halogens is 1. The fourth-order valence-corrected chi connectivity index (χ4v) is 4.24. The molecule has 1 aromatic heterocycles. The number of rotatable bonds is 7. The van der Waals surface area contributed by atoms with E-state index in [1.807, 2.05) is 41.3 Å². The SMILES string of the molecule is CCCCCc1ccc(C(=O)N2CCC(c3nc(-c4cccc(Cl)c4)no3)CC2)cc1. The van der Waals surface area contributed by atoms with Crippen molar-refractivity contribution in [3.8, 4) is 11.4 Å². The molecule has 31 heavy (non-hydrogen) atoms. The highest BCUT2D eigenvalue weighted by Gasteiger charge is 2.28. The van der Waals surface area contributed by atoms with Crippen LogP contribution in [0.4, 0.5) is 0 Å². The van der Waals surface area contributed by atoms with Gasteiger partial charge in [-0.25, -0.2) is 0 Å². The van der Waals surface area contributed by atoms with Crippen molar-refractivity contribution < 1.29 is 9.32 Å². The molecule has 5 nitrogen and oxygen atoms in total. The first-order chi connectivity index (χ1) is 15.1. The van der Waals surface area contributed by atoms with E-state index in [1.165, 1.54) is 24.8 Å². The zero-order chi connectivity index (χ0) is 21.6. The van der Waals surface area contributed by atoms with E-state index >= 15 is 0 Å². The lowest BCUT2D eigenvalue weighted by atomic mass is 9.96. The summed E-state index contributed by atoms with van der Waals surface area (Å²) in [6.07, 6.45) is 6.38. The molecule has 1 aliphatic rings. The number of benzene rings is 2. The molecule has 0 atom stereocenters. The van der Waals surface area contributed by atoms with E-state index in [-0.39, 0.29) is 11.8 Å². The molecule has 0 radical (unpaired) electrons. The second-order valence-electron chi connectivity index (χ2n) is 8.19. The van der Waals surface area contributed by atoms with Gasteiger partial charge in [0.2, 0.25) is 11.7 Å². The molecule has 0 saturated carbocycles. The molecule has 6 heteroatoms. The third-order valence-electron chi connectivity index (χ3n) is 5.93. The van der Waals surface area contributed by atoms with Gasteiger partial charge in [-0.3, -0.25) is 4.79 Å². The summed E-state index contributed by atoms with van der Waals surface area (Å²) in [5, 5.41) is 4.76. The molecule has 0 unspecified atom stereocenters. The van der Waals surface area contributed by atoms with E-state index in [4.69, 9.17) is 16.1 Å². The van der Waals surface area contributed by atoms with Crippen molar-refractivity contribution in [1.29, 1.82) is 0 Å². The summed E-state index contributed by atoms with van der Waals surface area (Å²) in [5.74, 6) is 1.46. The Labute approximate surface area is 188 Å². The number of hydrogen-bond acceptors (Lipinski definition) is 4. The Morgan fingerprint density at radius 3 is 2.61 bits per heavy atom. The van der Waals surface area contributed by atoms with Gasteiger partial charge in [0.1, 0.15) is 0 Å². The number of aromatic nitrogens is 2. The molecular weight excluding hydrogens is 410 g/mol.